The van der Waals surface area contributed by atoms with E-state index in [0.717, 1.165) is 6.42 Å². The van der Waals surface area contributed by atoms with Crippen LogP contribution >= 0.6 is 0 Å². The van der Waals surface area contributed by atoms with Crippen LogP contribution < -0.4 is 0 Å². The molecule has 0 saturated carbocycles. The summed E-state index contributed by atoms with van der Waals surface area (Å²) < 4.78 is 0. The Morgan fingerprint density at radius 2 is 2.71 bits per heavy atom. The van der Waals surface area contributed by atoms with Crippen LogP contribution in [0.2, 0.25) is 0 Å². The Balaban J connectivity index is 2.28. The zero-order valence-corrected chi connectivity index (χ0v) is 4.29. The highest BCUT2D eigenvalue weighted by molar-refractivity contribution is 4.61. The second-order valence-corrected chi connectivity index (χ2v) is 1.55. The lowest BCUT2D eigenvalue weighted by molar-refractivity contribution is 0.164. The van der Waals surface area contributed by atoms with Gasteiger partial charge < -0.3 is 4.84 Å². The number of hydrogen-bond acceptors (Lipinski definition) is 3. The van der Waals surface area contributed by atoms with E-state index in [9.17, 15) is 0 Å². The fraction of sp³-hybridized carbons (Fsp3) is 1.00. The Hall–Kier alpha value is -0.600. The molecule has 1 rings (SSSR count). The average molecular weight is 100 g/mol. The summed E-state index contributed by atoms with van der Waals surface area (Å²) in [5.41, 5.74) is 0. The van der Waals surface area contributed by atoms with Crippen molar-refractivity contribution < 1.29 is 4.84 Å². The van der Waals surface area contributed by atoms with Gasteiger partial charge in [-0.05, 0) is 6.42 Å². The van der Waals surface area contributed by atoms with Gasteiger partial charge in [-0.1, -0.05) is 6.92 Å². The lowest BCUT2D eigenvalue weighted by Crippen LogP contribution is -2.02. The van der Waals surface area contributed by atoms with Crippen LogP contribution in [0.25, 0.3) is 0 Å². The van der Waals surface area contributed by atoms with E-state index in [-0.39, 0.29) is 0 Å². The topological polar surface area (TPSA) is 34.0 Å². The largest absolute Gasteiger partial charge is 0.377 e. The molecule has 0 aromatic heterocycles. The maximum atomic E-state index is 4.61. The third kappa shape index (κ3) is 0.885. The number of nitrogens with zero attached hydrogens (tertiary/aromatic N) is 2. The first-order chi connectivity index (χ1) is 3.43. The SMILES string of the molecule is CCC1CON=N1. The van der Waals surface area contributed by atoms with E-state index >= 15 is 0 Å². The molecule has 0 spiro atoms. The third-order valence-electron chi connectivity index (χ3n) is 1.01. The van der Waals surface area contributed by atoms with Crippen molar-refractivity contribution in [2.45, 2.75) is 19.4 Å². The molecule has 0 saturated heterocycles. The molecule has 0 aliphatic carbocycles. The minimum absolute atomic E-state index is 0.333. The van der Waals surface area contributed by atoms with Crippen LogP contribution in [0, 0.1) is 0 Å². The highest BCUT2D eigenvalue weighted by atomic mass is 16.7. The van der Waals surface area contributed by atoms with Crippen molar-refractivity contribution in [3.63, 3.8) is 0 Å². The van der Waals surface area contributed by atoms with E-state index in [1.54, 1.807) is 0 Å². The van der Waals surface area contributed by atoms with Crippen LogP contribution in [0.5, 0.6) is 0 Å². The number of hydrogen-bond donors (Lipinski definition) is 0. The zero-order valence-electron chi connectivity index (χ0n) is 4.29. The van der Waals surface area contributed by atoms with Crippen molar-refractivity contribution in [1.82, 2.24) is 0 Å². The van der Waals surface area contributed by atoms with Gasteiger partial charge in [0.15, 0.2) is 0 Å². The molecule has 0 amide bonds. The van der Waals surface area contributed by atoms with Gasteiger partial charge in [-0.3, -0.25) is 0 Å². The summed E-state index contributed by atoms with van der Waals surface area (Å²) in [6, 6.07) is 0.333. The molecule has 0 aromatic rings. The normalized spacial score (nSPS) is 27.9. The molecule has 1 aliphatic heterocycles. The molecule has 3 nitrogen and oxygen atoms in total. The van der Waals surface area contributed by atoms with Gasteiger partial charge in [0.25, 0.3) is 0 Å². The highest BCUT2D eigenvalue weighted by Gasteiger charge is 2.08. The molecule has 0 radical (unpaired) electrons. The van der Waals surface area contributed by atoms with Gasteiger partial charge in [-0.2, -0.15) is 0 Å². The summed E-state index contributed by atoms with van der Waals surface area (Å²) in [6.07, 6.45) is 1.03. The van der Waals surface area contributed by atoms with Crippen molar-refractivity contribution in [2.75, 3.05) is 6.61 Å². The van der Waals surface area contributed by atoms with Crippen LogP contribution in [0.1, 0.15) is 13.3 Å². The Labute approximate surface area is 42.3 Å². The Bertz CT molecular complexity index is 81.8. The molecule has 7 heavy (non-hydrogen) atoms. The minimum Gasteiger partial charge on any atom is -0.377 e. The molecular formula is C4H8N2O. The van der Waals surface area contributed by atoms with E-state index in [4.69, 9.17) is 0 Å². The van der Waals surface area contributed by atoms with E-state index in [2.05, 4.69) is 22.2 Å². The molecule has 0 bridgehead atoms. The summed E-state index contributed by atoms with van der Waals surface area (Å²) in [4.78, 5) is 4.61. The van der Waals surface area contributed by atoms with E-state index in [1.807, 2.05) is 0 Å². The van der Waals surface area contributed by atoms with Gasteiger partial charge in [0.05, 0.1) is 0 Å². The highest BCUT2D eigenvalue weighted by Crippen LogP contribution is 2.05. The van der Waals surface area contributed by atoms with Crippen LogP contribution in [0.15, 0.2) is 10.4 Å². The van der Waals surface area contributed by atoms with Gasteiger partial charge in [0.1, 0.15) is 12.6 Å². The standard InChI is InChI=1S/C4H8N2O/c1-2-4-3-7-6-5-4/h4H,2-3H2,1H3. The third-order valence-corrected chi connectivity index (χ3v) is 1.01. The van der Waals surface area contributed by atoms with Crippen molar-refractivity contribution in [2.24, 2.45) is 10.4 Å². The molecule has 0 aromatic carbocycles. The van der Waals surface area contributed by atoms with Crippen molar-refractivity contribution in [3.8, 4) is 0 Å². The lowest BCUT2D eigenvalue weighted by atomic mass is 10.3. The smallest absolute Gasteiger partial charge is 0.143 e. The Kier molecular flexibility index (Phi) is 1.24. The maximum Gasteiger partial charge on any atom is 0.143 e. The summed E-state index contributed by atoms with van der Waals surface area (Å²) in [5.74, 6) is 0. The van der Waals surface area contributed by atoms with Crippen molar-refractivity contribution in [1.29, 1.82) is 0 Å². The van der Waals surface area contributed by atoms with Crippen LogP contribution in [0.3, 0.4) is 0 Å². The van der Waals surface area contributed by atoms with Crippen LogP contribution in [-0.4, -0.2) is 12.6 Å². The van der Waals surface area contributed by atoms with Gasteiger partial charge >= 0.3 is 0 Å². The zero-order chi connectivity index (χ0) is 5.11. The first-order valence-corrected chi connectivity index (χ1v) is 2.45. The van der Waals surface area contributed by atoms with Crippen molar-refractivity contribution >= 4 is 0 Å². The Morgan fingerprint density at radius 1 is 1.86 bits per heavy atom. The maximum absolute atomic E-state index is 4.61. The predicted molar refractivity (Wildman–Crippen MR) is 24.9 cm³/mol. The van der Waals surface area contributed by atoms with Crippen molar-refractivity contribution in [3.05, 3.63) is 0 Å². The molecule has 0 N–H and O–H groups in total. The minimum atomic E-state index is 0.333. The van der Waals surface area contributed by atoms with Crippen LogP contribution in [-0.2, 0) is 4.84 Å². The second-order valence-electron chi connectivity index (χ2n) is 1.55. The molecular weight excluding hydrogens is 92.1 g/mol. The molecule has 1 heterocycles. The lowest BCUT2D eigenvalue weighted by Gasteiger charge is -1.91. The predicted octanol–water partition coefficient (Wildman–Crippen LogP) is 1.16. The second kappa shape index (κ2) is 1.91. The van der Waals surface area contributed by atoms with E-state index in [1.165, 1.54) is 0 Å². The summed E-state index contributed by atoms with van der Waals surface area (Å²) >= 11 is 0. The fourth-order valence-electron chi connectivity index (χ4n) is 0.452. The molecule has 1 aliphatic rings. The average Bonchev–Trinajstić information content (AvgIpc) is 2.14. The first-order valence-electron chi connectivity index (χ1n) is 2.45. The summed E-state index contributed by atoms with van der Waals surface area (Å²) in [6.45, 7) is 2.74. The summed E-state index contributed by atoms with van der Waals surface area (Å²) in [7, 11) is 0. The van der Waals surface area contributed by atoms with Crippen LogP contribution in [0.4, 0.5) is 0 Å². The van der Waals surface area contributed by atoms with E-state index in [0.29, 0.717) is 12.6 Å². The van der Waals surface area contributed by atoms with Gasteiger partial charge in [0.2, 0.25) is 0 Å². The first kappa shape index (κ1) is 4.56. The molecule has 1 unspecified atom stereocenters. The number of rotatable bonds is 1. The summed E-state index contributed by atoms with van der Waals surface area (Å²) in [5, 5.41) is 7.12. The molecule has 0 fully saturated rings. The van der Waals surface area contributed by atoms with Gasteiger partial charge in [-0.15, -0.1) is 5.11 Å². The quantitative estimate of drug-likeness (QED) is 0.486. The fourth-order valence-corrected chi connectivity index (χ4v) is 0.452. The molecule has 40 valence electrons. The van der Waals surface area contributed by atoms with Gasteiger partial charge in [0, 0.05) is 5.28 Å². The van der Waals surface area contributed by atoms with E-state index < -0.39 is 0 Å². The monoisotopic (exact) mass is 100 g/mol. The molecule has 1 atom stereocenters. The van der Waals surface area contributed by atoms with Gasteiger partial charge in [-0.25, -0.2) is 0 Å². The Morgan fingerprint density at radius 3 is 3.00 bits per heavy atom. The molecule has 3 heteroatoms.